The third-order valence-corrected chi connectivity index (χ3v) is 6.51. The molecule has 2 aliphatic heterocycles. The Kier molecular flexibility index (Phi) is 4.18. The van der Waals surface area contributed by atoms with Crippen LogP contribution in [0.1, 0.15) is 55.3 Å². The highest BCUT2D eigenvalue weighted by Gasteiger charge is 2.36. The number of likely N-dealkylation sites (tertiary alicyclic amines) is 1. The maximum atomic E-state index is 13.0. The molecule has 1 saturated heterocycles. The van der Waals surface area contributed by atoms with Crippen molar-refractivity contribution in [2.75, 3.05) is 12.3 Å². The monoisotopic (exact) mass is 333 g/mol. The van der Waals surface area contributed by atoms with Crippen molar-refractivity contribution < 1.29 is 4.79 Å². The Balaban J connectivity index is 1.60. The lowest BCUT2D eigenvalue weighted by molar-refractivity contribution is 0.0658. The molecule has 1 atom stereocenters. The van der Waals surface area contributed by atoms with Gasteiger partial charge in [0.05, 0.1) is 0 Å². The van der Waals surface area contributed by atoms with Gasteiger partial charge in [-0.15, -0.1) is 0 Å². The third-order valence-electron chi connectivity index (χ3n) is 5.54. The molecular formula is C17H23N3O2S. The average molecular weight is 333 g/mol. The van der Waals surface area contributed by atoms with Gasteiger partial charge in [-0.2, -0.15) is 0 Å². The van der Waals surface area contributed by atoms with E-state index in [0.29, 0.717) is 18.5 Å². The molecule has 2 fully saturated rings. The molecule has 0 aromatic carbocycles. The van der Waals surface area contributed by atoms with Crippen LogP contribution in [0.3, 0.4) is 0 Å². The Bertz CT molecular complexity index is 666. The zero-order chi connectivity index (χ0) is 15.8. The number of nitrogens with zero attached hydrogens (tertiary/aromatic N) is 3. The average Bonchev–Trinajstić information content (AvgIpc) is 3.25. The minimum atomic E-state index is -0.153. The van der Waals surface area contributed by atoms with E-state index in [4.69, 9.17) is 0 Å². The van der Waals surface area contributed by atoms with Crippen molar-refractivity contribution in [3.8, 4) is 0 Å². The van der Waals surface area contributed by atoms with E-state index in [-0.39, 0.29) is 17.0 Å². The molecule has 5 nitrogen and oxygen atoms in total. The largest absolute Gasteiger partial charge is 0.335 e. The lowest BCUT2D eigenvalue weighted by atomic mass is 9.83. The summed E-state index contributed by atoms with van der Waals surface area (Å²) in [4.78, 5) is 31.9. The quantitative estimate of drug-likeness (QED) is 0.781. The minimum absolute atomic E-state index is 0.0947. The van der Waals surface area contributed by atoms with Crippen molar-refractivity contribution >= 4 is 17.7 Å². The van der Waals surface area contributed by atoms with E-state index < -0.39 is 0 Å². The summed E-state index contributed by atoms with van der Waals surface area (Å²) in [6, 6.07) is 0.329. The molecule has 1 aromatic heterocycles. The zero-order valence-corrected chi connectivity index (χ0v) is 14.2. The number of fused-ring (bicyclic) bond motifs is 1. The topological polar surface area (TPSA) is 55.2 Å². The second-order valence-electron chi connectivity index (χ2n) is 6.87. The van der Waals surface area contributed by atoms with Crippen LogP contribution in [-0.2, 0) is 6.54 Å². The summed E-state index contributed by atoms with van der Waals surface area (Å²) in [5.74, 6) is 1.40. The predicted molar refractivity (Wildman–Crippen MR) is 89.9 cm³/mol. The molecule has 4 rings (SSSR count). The number of hydrogen-bond acceptors (Lipinski definition) is 4. The molecule has 1 amide bonds. The highest BCUT2D eigenvalue weighted by molar-refractivity contribution is 7.99. The van der Waals surface area contributed by atoms with Crippen LogP contribution in [0.4, 0.5) is 0 Å². The summed E-state index contributed by atoms with van der Waals surface area (Å²) < 4.78 is 1.66. The fourth-order valence-electron chi connectivity index (χ4n) is 4.37. The normalized spacial score (nSPS) is 24.9. The molecule has 124 valence electrons. The van der Waals surface area contributed by atoms with Crippen molar-refractivity contribution in [1.82, 2.24) is 14.5 Å². The van der Waals surface area contributed by atoms with Crippen molar-refractivity contribution in [2.45, 2.75) is 62.7 Å². The number of thioether (sulfide) groups is 1. The van der Waals surface area contributed by atoms with Crippen LogP contribution in [0.2, 0.25) is 0 Å². The second-order valence-corrected chi connectivity index (χ2v) is 7.93. The van der Waals surface area contributed by atoms with Crippen LogP contribution in [0.5, 0.6) is 0 Å². The number of rotatable bonds is 2. The van der Waals surface area contributed by atoms with Gasteiger partial charge in [-0.3, -0.25) is 14.2 Å². The van der Waals surface area contributed by atoms with Crippen LogP contribution in [0, 0.1) is 5.92 Å². The van der Waals surface area contributed by atoms with Gasteiger partial charge in [-0.05, 0) is 31.6 Å². The van der Waals surface area contributed by atoms with Gasteiger partial charge in [-0.1, -0.05) is 31.0 Å². The molecule has 1 aromatic rings. The van der Waals surface area contributed by atoms with Crippen molar-refractivity contribution in [3.05, 3.63) is 22.1 Å². The van der Waals surface area contributed by atoms with Gasteiger partial charge in [-0.25, -0.2) is 4.98 Å². The summed E-state index contributed by atoms with van der Waals surface area (Å²) in [6.45, 7) is 1.45. The Morgan fingerprint density at radius 2 is 1.96 bits per heavy atom. The maximum absolute atomic E-state index is 13.0. The molecule has 0 N–H and O–H groups in total. The summed E-state index contributed by atoms with van der Waals surface area (Å²) in [7, 11) is 0. The van der Waals surface area contributed by atoms with Gasteiger partial charge in [0.25, 0.3) is 11.5 Å². The number of aromatic nitrogens is 2. The van der Waals surface area contributed by atoms with E-state index >= 15 is 0 Å². The first-order valence-electron chi connectivity index (χ1n) is 8.79. The van der Waals surface area contributed by atoms with Crippen LogP contribution in [0.25, 0.3) is 0 Å². The van der Waals surface area contributed by atoms with Crippen LogP contribution in [-0.4, -0.2) is 38.7 Å². The summed E-state index contributed by atoms with van der Waals surface area (Å²) in [5, 5.41) is 0.747. The smallest absolute Gasteiger partial charge is 0.267 e. The molecule has 0 bridgehead atoms. The zero-order valence-electron chi connectivity index (χ0n) is 13.4. The lowest BCUT2D eigenvalue weighted by Gasteiger charge is -2.34. The van der Waals surface area contributed by atoms with Gasteiger partial charge in [0, 0.05) is 31.1 Å². The molecule has 6 heteroatoms. The van der Waals surface area contributed by atoms with Gasteiger partial charge in [0.2, 0.25) is 0 Å². The van der Waals surface area contributed by atoms with Crippen LogP contribution < -0.4 is 5.56 Å². The van der Waals surface area contributed by atoms with E-state index in [0.717, 1.165) is 30.3 Å². The Labute approximate surface area is 140 Å². The SMILES string of the molecule is O=C(c1cnc2n(c1=O)CCS2)N1CCCC1C1CCCCC1. The molecule has 0 radical (unpaired) electrons. The molecule has 0 spiro atoms. The van der Waals surface area contributed by atoms with E-state index in [1.165, 1.54) is 38.3 Å². The van der Waals surface area contributed by atoms with Crippen LogP contribution in [0.15, 0.2) is 16.1 Å². The van der Waals surface area contributed by atoms with Crippen molar-refractivity contribution in [1.29, 1.82) is 0 Å². The number of hydrogen-bond donors (Lipinski definition) is 0. The Morgan fingerprint density at radius 1 is 1.13 bits per heavy atom. The first-order chi connectivity index (χ1) is 11.3. The van der Waals surface area contributed by atoms with Crippen molar-refractivity contribution in [3.63, 3.8) is 0 Å². The maximum Gasteiger partial charge on any atom is 0.267 e. The fourth-order valence-corrected chi connectivity index (χ4v) is 5.29. The molecule has 3 heterocycles. The Hall–Kier alpha value is -1.30. The minimum Gasteiger partial charge on any atom is -0.335 e. The summed E-state index contributed by atoms with van der Waals surface area (Å²) >= 11 is 1.58. The third kappa shape index (κ3) is 2.71. The number of carbonyl (C=O) groups excluding carboxylic acids is 1. The summed E-state index contributed by atoms with van der Waals surface area (Å²) in [6.07, 6.45) is 10.00. The van der Waals surface area contributed by atoms with Gasteiger partial charge in [0.15, 0.2) is 5.16 Å². The van der Waals surface area contributed by atoms with Crippen LogP contribution >= 0.6 is 11.8 Å². The molecule has 1 unspecified atom stereocenters. The Morgan fingerprint density at radius 3 is 2.78 bits per heavy atom. The fraction of sp³-hybridized carbons (Fsp3) is 0.706. The first kappa shape index (κ1) is 15.2. The van der Waals surface area contributed by atoms with Gasteiger partial charge in [0.1, 0.15) is 5.56 Å². The molecule has 23 heavy (non-hydrogen) atoms. The number of carbonyl (C=O) groups is 1. The number of amides is 1. The predicted octanol–water partition coefficient (Wildman–Crippen LogP) is 2.53. The molecular weight excluding hydrogens is 310 g/mol. The molecule has 1 aliphatic carbocycles. The highest BCUT2D eigenvalue weighted by atomic mass is 32.2. The second kappa shape index (κ2) is 6.30. The van der Waals surface area contributed by atoms with Gasteiger partial charge < -0.3 is 4.90 Å². The van der Waals surface area contributed by atoms with Crippen molar-refractivity contribution in [2.24, 2.45) is 5.92 Å². The molecule has 1 saturated carbocycles. The van der Waals surface area contributed by atoms with E-state index in [1.54, 1.807) is 16.3 Å². The van der Waals surface area contributed by atoms with E-state index in [9.17, 15) is 9.59 Å². The highest BCUT2D eigenvalue weighted by Crippen LogP contribution is 2.34. The van der Waals surface area contributed by atoms with E-state index in [1.807, 2.05) is 4.90 Å². The lowest BCUT2D eigenvalue weighted by Crippen LogP contribution is -2.43. The molecule has 3 aliphatic rings. The first-order valence-corrected chi connectivity index (χ1v) is 9.78. The standard InChI is InChI=1S/C17H23N3O2S/c21-15(13-11-18-17-20(16(13)22)9-10-23-17)19-8-4-7-14(19)12-5-2-1-3-6-12/h11-12,14H,1-10H2. The summed E-state index contributed by atoms with van der Waals surface area (Å²) in [5.41, 5.74) is 0.109. The van der Waals surface area contributed by atoms with Gasteiger partial charge >= 0.3 is 0 Å². The van der Waals surface area contributed by atoms with E-state index in [2.05, 4.69) is 4.98 Å².